The maximum absolute atomic E-state index is 13.2. The predicted octanol–water partition coefficient (Wildman–Crippen LogP) is 2.85. The summed E-state index contributed by atoms with van der Waals surface area (Å²) in [4.78, 5) is 22.5. The second kappa shape index (κ2) is 6.09. The van der Waals surface area contributed by atoms with Gasteiger partial charge in [-0.25, -0.2) is 9.18 Å². The van der Waals surface area contributed by atoms with Crippen molar-refractivity contribution in [1.82, 2.24) is 5.32 Å². The summed E-state index contributed by atoms with van der Waals surface area (Å²) < 4.78 is 13.2. The molecule has 3 N–H and O–H groups in total. The molecule has 2 amide bonds. The summed E-state index contributed by atoms with van der Waals surface area (Å²) in [6, 6.07) is 3.30. The number of aliphatic carboxylic acids is 1. The highest BCUT2D eigenvalue weighted by Gasteiger charge is 2.30. The van der Waals surface area contributed by atoms with Crippen molar-refractivity contribution in [2.75, 3.05) is 5.32 Å². The van der Waals surface area contributed by atoms with Gasteiger partial charge in [-0.2, -0.15) is 0 Å². The summed E-state index contributed by atoms with van der Waals surface area (Å²) in [5.41, 5.74) is 0.289. The number of carboxylic acid groups (broad SMARTS) is 1. The molecule has 20 heavy (non-hydrogen) atoms. The number of amides is 2. The van der Waals surface area contributed by atoms with Gasteiger partial charge in [0.25, 0.3) is 0 Å². The van der Waals surface area contributed by atoms with Crippen LogP contribution in [0, 0.1) is 11.7 Å². The summed E-state index contributed by atoms with van der Waals surface area (Å²) >= 11 is 5.54. The SMILES string of the molecule is O=C(Nc1ccc(Cl)c(F)c1)N[C@H]1CC[C@@H](C(=O)O)C1. The van der Waals surface area contributed by atoms with Crippen molar-refractivity contribution in [1.29, 1.82) is 0 Å². The molecule has 108 valence electrons. The van der Waals surface area contributed by atoms with Crippen molar-refractivity contribution < 1.29 is 19.1 Å². The molecule has 7 heteroatoms. The number of carbonyl (C=O) groups excluding carboxylic acids is 1. The molecule has 0 aliphatic heterocycles. The molecule has 1 saturated carbocycles. The minimum absolute atomic E-state index is 0.0175. The highest BCUT2D eigenvalue weighted by molar-refractivity contribution is 6.30. The molecule has 1 fully saturated rings. The lowest BCUT2D eigenvalue weighted by molar-refractivity contribution is -0.141. The quantitative estimate of drug-likeness (QED) is 0.803. The molecule has 1 aromatic rings. The van der Waals surface area contributed by atoms with Crippen LogP contribution in [0.4, 0.5) is 14.9 Å². The van der Waals surface area contributed by atoms with Gasteiger partial charge in [0, 0.05) is 11.7 Å². The van der Waals surface area contributed by atoms with Gasteiger partial charge in [0.05, 0.1) is 10.9 Å². The van der Waals surface area contributed by atoms with E-state index in [4.69, 9.17) is 16.7 Å². The number of halogens is 2. The van der Waals surface area contributed by atoms with Crippen molar-refractivity contribution in [3.63, 3.8) is 0 Å². The van der Waals surface area contributed by atoms with E-state index in [0.29, 0.717) is 19.3 Å². The van der Waals surface area contributed by atoms with Gasteiger partial charge in [-0.3, -0.25) is 4.79 Å². The van der Waals surface area contributed by atoms with Crippen molar-refractivity contribution in [3.8, 4) is 0 Å². The minimum Gasteiger partial charge on any atom is -0.481 e. The van der Waals surface area contributed by atoms with Crippen LogP contribution in [-0.4, -0.2) is 23.1 Å². The summed E-state index contributed by atoms with van der Waals surface area (Å²) in [5.74, 6) is -1.86. The maximum Gasteiger partial charge on any atom is 0.319 e. The first kappa shape index (κ1) is 14.6. The first-order chi connectivity index (χ1) is 9.45. The Morgan fingerprint density at radius 1 is 1.35 bits per heavy atom. The second-order valence-electron chi connectivity index (χ2n) is 4.77. The third-order valence-electron chi connectivity index (χ3n) is 3.29. The fourth-order valence-electron chi connectivity index (χ4n) is 2.26. The smallest absolute Gasteiger partial charge is 0.319 e. The Balaban J connectivity index is 1.87. The molecular weight excluding hydrogens is 287 g/mol. The molecule has 0 radical (unpaired) electrons. The standard InChI is InChI=1S/C13H14ClFN2O3/c14-10-4-3-9(6-11(10)15)17-13(20)16-8-2-1-7(5-8)12(18)19/h3-4,6-8H,1-2,5H2,(H,18,19)(H2,16,17,20)/t7-,8+/m1/s1. The number of hydrogen-bond acceptors (Lipinski definition) is 2. The Morgan fingerprint density at radius 2 is 2.10 bits per heavy atom. The molecule has 2 rings (SSSR count). The van der Waals surface area contributed by atoms with Gasteiger partial charge in [-0.1, -0.05) is 11.6 Å². The van der Waals surface area contributed by atoms with E-state index in [1.807, 2.05) is 0 Å². The normalized spacial score (nSPS) is 21.5. The van der Waals surface area contributed by atoms with Gasteiger partial charge in [-0.15, -0.1) is 0 Å². The fraction of sp³-hybridized carbons (Fsp3) is 0.385. The van der Waals surface area contributed by atoms with Crippen LogP contribution in [0.1, 0.15) is 19.3 Å². The molecule has 0 saturated heterocycles. The van der Waals surface area contributed by atoms with Crippen LogP contribution in [-0.2, 0) is 4.79 Å². The first-order valence-electron chi connectivity index (χ1n) is 6.21. The van der Waals surface area contributed by atoms with Crippen molar-refractivity contribution in [2.45, 2.75) is 25.3 Å². The Bertz CT molecular complexity index is 538. The highest BCUT2D eigenvalue weighted by Crippen LogP contribution is 2.25. The number of benzene rings is 1. The van der Waals surface area contributed by atoms with Crippen LogP contribution in [0.2, 0.25) is 5.02 Å². The molecule has 0 aromatic heterocycles. The van der Waals surface area contributed by atoms with E-state index in [9.17, 15) is 14.0 Å². The van der Waals surface area contributed by atoms with E-state index in [1.165, 1.54) is 12.1 Å². The molecule has 5 nitrogen and oxygen atoms in total. The number of hydrogen-bond donors (Lipinski definition) is 3. The lowest BCUT2D eigenvalue weighted by Crippen LogP contribution is -2.36. The Labute approximate surface area is 120 Å². The van der Waals surface area contributed by atoms with Crippen LogP contribution in [0.25, 0.3) is 0 Å². The topological polar surface area (TPSA) is 78.4 Å². The van der Waals surface area contributed by atoms with Crippen LogP contribution in [0.5, 0.6) is 0 Å². The van der Waals surface area contributed by atoms with Gasteiger partial charge in [0.1, 0.15) is 5.82 Å². The van der Waals surface area contributed by atoms with E-state index < -0.39 is 23.7 Å². The van der Waals surface area contributed by atoms with Crippen LogP contribution >= 0.6 is 11.6 Å². The first-order valence-corrected chi connectivity index (χ1v) is 6.59. The number of urea groups is 1. The zero-order valence-corrected chi connectivity index (χ0v) is 11.3. The minimum atomic E-state index is -0.838. The lowest BCUT2D eigenvalue weighted by atomic mass is 10.1. The number of carboxylic acids is 1. The third kappa shape index (κ3) is 3.60. The van der Waals surface area contributed by atoms with Crippen molar-refractivity contribution in [3.05, 3.63) is 29.0 Å². The van der Waals surface area contributed by atoms with Crippen LogP contribution in [0.3, 0.4) is 0 Å². The maximum atomic E-state index is 13.2. The van der Waals surface area contributed by atoms with E-state index in [0.717, 1.165) is 6.07 Å². The second-order valence-corrected chi connectivity index (χ2v) is 5.18. The number of nitrogens with one attached hydrogen (secondary N) is 2. The molecule has 0 heterocycles. The summed E-state index contributed by atoms with van der Waals surface area (Å²) in [6.45, 7) is 0. The van der Waals surface area contributed by atoms with Gasteiger partial charge >= 0.3 is 12.0 Å². The van der Waals surface area contributed by atoms with Gasteiger partial charge < -0.3 is 15.7 Å². The van der Waals surface area contributed by atoms with Gasteiger partial charge in [0.15, 0.2) is 0 Å². The van der Waals surface area contributed by atoms with Crippen LogP contribution in [0.15, 0.2) is 18.2 Å². The average Bonchev–Trinajstić information content (AvgIpc) is 2.82. The molecule has 0 spiro atoms. The third-order valence-corrected chi connectivity index (χ3v) is 3.60. The molecule has 0 unspecified atom stereocenters. The monoisotopic (exact) mass is 300 g/mol. The molecular formula is C13H14ClFN2O3. The van der Waals surface area contributed by atoms with E-state index in [2.05, 4.69) is 10.6 Å². The van der Waals surface area contributed by atoms with E-state index in [-0.39, 0.29) is 16.8 Å². The molecule has 1 aliphatic rings. The van der Waals surface area contributed by atoms with Gasteiger partial charge in [-0.05, 0) is 37.5 Å². The Hall–Kier alpha value is -1.82. The molecule has 0 bridgehead atoms. The molecule has 2 atom stereocenters. The number of rotatable bonds is 3. The molecule has 1 aliphatic carbocycles. The largest absolute Gasteiger partial charge is 0.481 e. The van der Waals surface area contributed by atoms with Gasteiger partial charge in [0.2, 0.25) is 0 Å². The van der Waals surface area contributed by atoms with Crippen LogP contribution < -0.4 is 10.6 Å². The number of anilines is 1. The zero-order chi connectivity index (χ0) is 14.7. The predicted molar refractivity (Wildman–Crippen MR) is 72.3 cm³/mol. The lowest BCUT2D eigenvalue weighted by Gasteiger charge is -2.13. The average molecular weight is 301 g/mol. The highest BCUT2D eigenvalue weighted by atomic mass is 35.5. The summed E-state index contributed by atoms with van der Waals surface area (Å²) in [5, 5.41) is 14.0. The van der Waals surface area contributed by atoms with Crippen molar-refractivity contribution >= 4 is 29.3 Å². The Morgan fingerprint density at radius 3 is 2.70 bits per heavy atom. The van der Waals surface area contributed by atoms with Crippen molar-refractivity contribution in [2.24, 2.45) is 5.92 Å². The van der Waals surface area contributed by atoms with E-state index in [1.54, 1.807) is 0 Å². The zero-order valence-electron chi connectivity index (χ0n) is 10.5. The summed E-state index contributed by atoms with van der Waals surface area (Å²) in [6.07, 6.45) is 1.59. The fourth-order valence-corrected chi connectivity index (χ4v) is 2.38. The molecule has 1 aromatic carbocycles. The Kier molecular flexibility index (Phi) is 4.44. The van der Waals surface area contributed by atoms with E-state index >= 15 is 0 Å². The summed E-state index contributed by atoms with van der Waals surface area (Å²) in [7, 11) is 0. The number of carbonyl (C=O) groups is 2.